The maximum absolute atomic E-state index is 2.45. The fourth-order valence-corrected chi connectivity index (χ4v) is 12.2. The lowest BCUT2D eigenvalue weighted by atomic mass is 9.72. The van der Waals surface area contributed by atoms with E-state index in [2.05, 4.69) is 268 Å². The zero-order chi connectivity index (χ0) is 50.5. The van der Waals surface area contributed by atoms with Crippen LogP contribution in [0.5, 0.6) is 0 Å². The first-order valence-corrected chi connectivity index (χ1v) is 27.4. The lowest BCUT2D eigenvalue weighted by molar-refractivity contribution is 0.386. The first-order valence-electron chi connectivity index (χ1n) is 27.4. The molecular weight excluding hydrogens is 895 g/mol. The minimum absolute atomic E-state index is 0.473. The summed E-state index contributed by atoms with van der Waals surface area (Å²) in [5.41, 5.74) is 22.7. The van der Waals surface area contributed by atoms with E-state index in [1.54, 1.807) is 0 Å². The topological polar surface area (TPSA) is 9.72 Å². The summed E-state index contributed by atoms with van der Waals surface area (Å²) in [4.78, 5) is 7.21. The number of nitrogens with zero attached hydrogens (tertiary/aromatic N) is 3. The second kappa shape index (κ2) is 21.8. The van der Waals surface area contributed by atoms with E-state index < -0.39 is 0 Å². The van der Waals surface area contributed by atoms with Crippen LogP contribution in [0.15, 0.2) is 218 Å². The van der Waals surface area contributed by atoms with Gasteiger partial charge in [0, 0.05) is 51.2 Å². The summed E-state index contributed by atoms with van der Waals surface area (Å²) >= 11 is 0. The van der Waals surface area contributed by atoms with Gasteiger partial charge in [-0.2, -0.15) is 0 Å². The van der Waals surface area contributed by atoms with Gasteiger partial charge >= 0.3 is 0 Å². The van der Waals surface area contributed by atoms with Gasteiger partial charge in [0.05, 0.1) is 0 Å². The van der Waals surface area contributed by atoms with Crippen LogP contribution in [0.2, 0.25) is 0 Å². The Hall–Kier alpha value is -7.62. The number of anilines is 9. The third-order valence-electron chi connectivity index (χ3n) is 16.3. The van der Waals surface area contributed by atoms with Crippen LogP contribution in [0.1, 0.15) is 125 Å². The van der Waals surface area contributed by atoms with Crippen molar-refractivity contribution in [1.82, 2.24) is 0 Å². The van der Waals surface area contributed by atoms with Gasteiger partial charge in [-0.15, -0.1) is 0 Å². The van der Waals surface area contributed by atoms with Crippen molar-refractivity contribution in [3.05, 3.63) is 268 Å². The second-order valence-electron chi connectivity index (χ2n) is 21.5. The van der Waals surface area contributed by atoms with Crippen LogP contribution in [0.3, 0.4) is 0 Å². The maximum Gasteiger partial charge on any atom is 0.0461 e. The molecule has 0 aromatic heterocycles. The largest absolute Gasteiger partial charge is 0.311 e. The lowest BCUT2D eigenvalue weighted by Crippen LogP contribution is -2.17. The van der Waals surface area contributed by atoms with Crippen molar-refractivity contribution in [3.63, 3.8) is 0 Å². The van der Waals surface area contributed by atoms with Gasteiger partial charge in [0.2, 0.25) is 0 Å². The molecule has 0 amide bonds. The molecule has 11 rings (SSSR count). The Morgan fingerprint density at radius 2 is 0.338 bits per heavy atom. The van der Waals surface area contributed by atoms with Crippen molar-refractivity contribution in [2.24, 2.45) is 0 Å². The van der Waals surface area contributed by atoms with Crippen LogP contribution in [-0.4, -0.2) is 0 Å². The predicted molar refractivity (Wildman–Crippen MR) is 315 cm³/mol. The molecule has 2 saturated carbocycles. The fourth-order valence-electron chi connectivity index (χ4n) is 12.2. The minimum Gasteiger partial charge on any atom is -0.311 e. The van der Waals surface area contributed by atoms with Crippen LogP contribution in [0.25, 0.3) is 0 Å². The standard InChI is InChI=1S/C71H71N3/c1-50-14-32-59(33-15-50)72(60-34-16-51(2)17-35-60)64-42-24-55(25-43-64)68-10-6-8-12-70(68)57-28-46-66(47-29-57)74(63-40-22-54(5)23-41-63)67-48-30-58(31-49-67)71-13-9-7-11-69(71)56-26-44-65(45-27-56)73(61-36-18-52(3)19-37-61)62-38-20-53(4)21-39-62/h14-49,68-71H,6-13H2,1-5H3. The van der Waals surface area contributed by atoms with Crippen LogP contribution in [0, 0.1) is 34.6 Å². The van der Waals surface area contributed by atoms with Crippen molar-refractivity contribution in [2.45, 2.75) is 110 Å². The molecule has 2 aliphatic carbocycles. The monoisotopic (exact) mass is 966 g/mol. The number of benzene rings is 9. The average Bonchev–Trinajstić information content (AvgIpc) is 3.45. The molecule has 0 radical (unpaired) electrons. The molecule has 0 saturated heterocycles. The van der Waals surface area contributed by atoms with Crippen LogP contribution < -0.4 is 14.7 Å². The van der Waals surface area contributed by atoms with E-state index in [4.69, 9.17) is 0 Å². The third-order valence-corrected chi connectivity index (χ3v) is 16.3. The highest BCUT2D eigenvalue weighted by atomic mass is 15.2. The zero-order valence-corrected chi connectivity index (χ0v) is 44.1. The van der Waals surface area contributed by atoms with Crippen molar-refractivity contribution in [1.29, 1.82) is 0 Å². The van der Waals surface area contributed by atoms with Crippen LogP contribution in [0.4, 0.5) is 51.2 Å². The van der Waals surface area contributed by atoms with Gasteiger partial charge in [0.25, 0.3) is 0 Å². The normalized spacial score (nSPS) is 17.6. The fraction of sp³-hybridized carbons (Fsp3) is 0.239. The molecule has 3 heteroatoms. The Balaban J connectivity index is 0.840. The van der Waals surface area contributed by atoms with E-state index in [-0.39, 0.29) is 0 Å². The minimum atomic E-state index is 0.473. The van der Waals surface area contributed by atoms with E-state index in [0.29, 0.717) is 23.7 Å². The van der Waals surface area contributed by atoms with E-state index in [1.165, 1.54) is 153 Å². The molecule has 3 nitrogen and oxygen atoms in total. The summed E-state index contributed by atoms with van der Waals surface area (Å²) in [6.45, 7) is 10.8. The molecule has 0 heterocycles. The van der Waals surface area contributed by atoms with Gasteiger partial charge in [-0.3, -0.25) is 0 Å². The third kappa shape index (κ3) is 10.6. The Morgan fingerprint density at radius 1 is 0.203 bits per heavy atom. The van der Waals surface area contributed by atoms with E-state index in [0.717, 1.165) is 0 Å². The molecule has 0 aliphatic heterocycles. The molecule has 0 N–H and O–H groups in total. The summed E-state index contributed by atoms with van der Waals surface area (Å²) < 4.78 is 0. The summed E-state index contributed by atoms with van der Waals surface area (Å²) in [5, 5.41) is 0. The van der Waals surface area contributed by atoms with Gasteiger partial charge in [0.15, 0.2) is 0 Å². The summed E-state index contributed by atoms with van der Waals surface area (Å²) in [7, 11) is 0. The van der Waals surface area contributed by atoms with E-state index >= 15 is 0 Å². The Kier molecular flexibility index (Phi) is 14.4. The summed E-state index contributed by atoms with van der Waals surface area (Å²) in [5.74, 6) is 1.90. The van der Waals surface area contributed by atoms with Gasteiger partial charge < -0.3 is 14.7 Å². The molecule has 9 aromatic rings. The molecule has 2 fully saturated rings. The SMILES string of the molecule is Cc1ccc(N(c2ccc(C)cc2)c2ccc(C3CCCCC3c3ccc(N(c4ccc(C)cc4)c4ccc(C5CCCCC5c5ccc(N(c6ccc(C)cc6)c6ccc(C)cc6)cc5)cc4)cc3)cc2)cc1. The summed E-state index contributed by atoms with van der Waals surface area (Å²) in [6, 6.07) is 82.8. The van der Waals surface area contributed by atoms with E-state index in [9.17, 15) is 0 Å². The lowest BCUT2D eigenvalue weighted by Gasteiger charge is -2.34. The molecule has 74 heavy (non-hydrogen) atoms. The molecule has 0 bridgehead atoms. The number of hydrogen-bond donors (Lipinski definition) is 0. The van der Waals surface area contributed by atoms with Gasteiger partial charge in [-0.25, -0.2) is 0 Å². The molecular formula is C71H71N3. The van der Waals surface area contributed by atoms with Crippen molar-refractivity contribution in [2.75, 3.05) is 14.7 Å². The predicted octanol–water partition coefficient (Wildman–Crippen LogP) is 20.5. The molecule has 4 atom stereocenters. The molecule has 4 unspecified atom stereocenters. The highest BCUT2D eigenvalue weighted by Gasteiger charge is 2.30. The quantitative estimate of drug-likeness (QED) is 0.114. The number of hydrogen-bond acceptors (Lipinski definition) is 3. The average molecular weight is 966 g/mol. The van der Waals surface area contributed by atoms with Crippen LogP contribution >= 0.6 is 0 Å². The number of rotatable bonds is 13. The Labute approximate surface area is 441 Å². The van der Waals surface area contributed by atoms with Gasteiger partial charge in [-0.05, 0) is 215 Å². The Morgan fingerprint density at radius 3 is 0.486 bits per heavy atom. The first kappa shape index (κ1) is 48.6. The van der Waals surface area contributed by atoms with E-state index in [1.807, 2.05) is 0 Å². The van der Waals surface area contributed by atoms with Crippen LogP contribution in [-0.2, 0) is 0 Å². The molecule has 9 aromatic carbocycles. The number of aryl methyl sites for hydroxylation is 5. The second-order valence-corrected chi connectivity index (χ2v) is 21.5. The zero-order valence-electron chi connectivity index (χ0n) is 44.1. The first-order chi connectivity index (χ1) is 36.2. The summed E-state index contributed by atoms with van der Waals surface area (Å²) in [6.07, 6.45) is 9.91. The molecule has 370 valence electrons. The van der Waals surface area contributed by atoms with Crippen molar-refractivity contribution in [3.8, 4) is 0 Å². The molecule has 0 spiro atoms. The van der Waals surface area contributed by atoms with Gasteiger partial charge in [-0.1, -0.05) is 163 Å². The molecule has 2 aliphatic rings. The van der Waals surface area contributed by atoms with Gasteiger partial charge in [0.1, 0.15) is 0 Å². The Bertz CT molecular complexity index is 2940. The van der Waals surface area contributed by atoms with Crippen molar-refractivity contribution >= 4 is 51.2 Å². The smallest absolute Gasteiger partial charge is 0.0461 e. The van der Waals surface area contributed by atoms with Crippen molar-refractivity contribution < 1.29 is 0 Å². The maximum atomic E-state index is 2.45. The highest BCUT2D eigenvalue weighted by molar-refractivity contribution is 5.79. The highest BCUT2D eigenvalue weighted by Crippen LogP contribution is 2.48.